The topological polar surface area (TPSA) is 69.7 Å². The molecule has 0 aliphatic rings. The molecule has 234 valence electrons. The summed E-state index contributed by atoms with van der Waals surface area (Å²) in [5.74, 6) is -2.32. The largest absolute Gasteiger partial charge is 0.421 e. The highest BCUT2D eigenvalue weighted by atomic mass is 17.2. The quantitative estimate of drug-likeness (QED) is 0.0306. The summed E-state index contributed by atoms with van der Waals surface area (Å²) in [6, 6.07) is 0. The van der Waals surface area contributed by atoms with Crippen molar-refractivity contribution < 1.29 is 24.2 Å². The van der Waals surface area contributed by atoms with Crippen LogP contribution in [0.2, 0.25) is 0 Å². The van der Waals surface area contributed by atoms with E-state index in [-0.39, 0.29) is 12.8 Å². The van der Waals surface area contributed by atoms with Crippen molar-refractivity contribution in [3.63, 3.8) is 0 Å². The Balaban J connectivity index is 3.56. The molecule has 41 heavy (non-hydrogen) atoms. The van der Waals surface area contributed by atoms with Crippen LogP contribution in [-0.2, 0) is 24.2 Å². The summed E-state index contributed by atoms with van der Waals surface area (Å²) in [6.45, 7) is 4.45. The molecule has 0 amide bonds. The average molecular weight is 573 g/mol. The zero-order chi connectivity index (χ0) is 30.1. The Bertz CT molecular complexity index is 747. The number of hydrogen-bond donors (Lipinski definition) is 0. The number of allylic oxidation sites excluding steroid dienone is 8. The van der Waals surface area contributed by atoms with Crippen LogP contribution in [0.3, 0.4) is 0 Å². The van der Waals surface area contributed by atoms with Crippen molar-refractivity contribution in [2.24, 2.45) is 0 Å². The zero-order valence-corrected chi connectivity index (χ0v) is 26.4. The van der Waals surface area contributed by atoms with Gasteiger partial charge in [-0.15, -0.1) is 0 Å². The molecule has 0 atom stereocenters. The Hall–Kier alpha value is -2.43. The van der Waals surface area contributed by atoms with Crippen LogP contribution in [0.1, 0.15) is 162 Å². The Morgan fingerprint density at radius 1 is 0.439 bits per heavy atom. The molecule has 0 aromatic heterocycles. The van der Waals surface area contributed by atoms with E-state index in [1.54, 1.807) is 0 Å². The van der Waals surface area contributed by atoms with E-state index in [0.29, 0.717) is 12.8 Å². The second-order valence-corrected chi connectivity index (χ2v) is 10.9. The number of carbonyl (C=O) groups excluding carboxylic acids is 3. The van der Waals surface area contributed by atoms with E-state index in [1.165, 1.54) is 51.4 Å². The fraction of sp³-hybridized carbons (Fsp3) is 0.694. The third kappa shape index (κ3) is 30.4. The Morgan fingerprint density at radius 3 is 1.29 bits per heavy atom. The number of ketones is 1. The van der Waals surface area contributed by atoms with Gasteiger partial charge in [0, 0.05) is 6.42 Å². The van der Waals surface area contributed by atoms with Crippen molar-refractivity contribution >= 4 is 17.7 Å². The molecule has 0 saturated heterocycles. The normalized spacial score (nSPS) is 11.9. The molecule has 0 N–H and O–H groups in total. The number of hydrogen-bond acceptors (Lipinski definition) is 5. The number of unbranched alkanes of at least 4 members (excludes halogenated alkanes) is 15. The standard InChI is InChI=1S/C36H60O5/c1-3-5-7-9-11-13-15-17-19-21-23-25-27-29-31-33-35(38)40-41-36(39)34(37)32-30-28-26-24-22-20-18-16-14-12-10-8-6-4-2/h11-14,17-20H,3-10,15-16,21-33H2,1-2H3/b13-11-,14-12-,19-17-,20-18-. The summed E-state index contributed by atoms with van der Waals surface area (Å²) in [4.78, 5) is 44.4. The van der Waals surface area contributed by atoms with E-state index in [4.69, 9.17) is 0 Å². The van der Waals surface area contributed by atoms with Crippen molar-refractivity contribution in [1.82, 2.24) is 0 Å². The van der Waals surface area contributed by atoms with Gasteiger partial charge in [-0.3, -0.25) is 4.79 Å². The van der Waals surface area contributed by atoms with Gasteiger partial charge in [0.1, 0.15) is 0 Å². The maximum atomic E-state index is 11.9. The molecule has 0 aromatic carbocycles. The van der Waals surface area contributed by atoms with Crippen LogP contribution in [0.25, 0.3) is 0 Å². The Kier molecular flexibility index (Phi) is 30.2. The average Bonchev–Trinajstić information content (AvgIpc) is 2.97. The van der Waals surface area contributed by atoms with Gasteiger partial charge in [0.2, 0.25) is 5.78 Å². The van der Waals surface area contributed by atoms with Gasteiger partial charge in [-0.05, 0) is 77.0 Å². The predicted molar refractivity (Wildman–Crippen MR) is 171 cm³/mol. The van der Waals surface area contributed by atoms with Crippen molar-refractivity contribution in [3.05, 3.63) is 48.6 Å². The number of carbonyl (C=O) groups is 3. The minimum absolute atomic E-state index is 0.125. The first kappa shape index (κ1) is 38.6. The second kappa shape index (κ2) is 32.1. The smallest absolute Gasteiger partial charge is 0.287 e. The van der Waals surface area contributed by atoms with Crippen LogP contribution in [0.15, 0.2) is 48.6 Å². The zero-order valence-electron chi connectivity index (χ0n) is 26.4. The molecule has 0 bridgehead atoms. The maximum absolute atomic E-state index is 11.9. The fourth-order valence-electron chi connectivity index (χ4n) is 4.28. The van der Waals surface area contributed by atoms with Gasteiger partial charge < -0.3 is 0 Å². The third-order valence-corrected chi connectivity index (χ3v) is 6.87. The van der Waals surface area contributed by atoms with Crippen molar-refractivity contribution in [1.29, 1.82) is 0 Å². The second-order valence-electron chi connectivity index (χ2n) is 10.9. The molecular formula is C36H60O5. The highest BCUT2D eigenvalue weighted by Gasteiger charge is 2.18. The highest BCUT2D eigenvalue weighted by molar-refractivity contribution is 6.33. The van der Waals surface area contributed by atoms with Crippen LogP contribution in [0.4, 0.5) is 0 Å². The molecule has 0 rings (SSSR count). The third-order valence-electron chi connectivity index (χ3n) is 6.87. The lowest BCUT2D eigenvalue weighted by molar-refractivity contribution is -0.256. The molecule has 0 radical (unpaired) electrons. The first-order chi connectivity index (χ1) is 20.1. The molecule has 5 heteroatoms. The van der Waals surface area contributed by atoms with Crippen LogP contribution < -0.4 is 0 Å². The highest BCUT2D eigenvalue weighted by Crippen LogP contribution is 2.10. The van der Waals surface area contributed by atoms with Gasteiger partial charge in [-0.2, -0.15) is 0 Å². The first-order valence-corrected chi connectivity index (χ1v) is 16.7. The predicted octanol–water partition coefficient (Wildman–Crippen LogP) is 10.8. The van der Waals surface area contributed by atoms with E-state index in [0.717, 1.165) is 70.6 Å². The van der Waals surface area contributed by atoms with E-state index in [2.05, 4.69) is 72.2 Å². The lowest BCUT2D eigenvalue weighted by atomic mass is 10.1. The molecule has 0 unspecified atom stereocenters. The molecule has 0 saturated carbocycles. The van der Waals surface area contributed by atoms with Gasteiger partial charge in [0.15, 0.2) is 0 Å². The fourth-order valence-corrected chi connectivity index (χ4v) is 4.28. The van der Waals surface area contributed by atoms with Crippen LogP contribution in [0.5, 0.6) is 0 Å². The summed E-state index contributed by atoms with van der Waals surface area (Å²) >= 11 is 0. The van der Waals surface area contributed by atoms with E-state index in [1.807, 2.05) is 0 Å². The van der Waals surface area contributed by atoms with Crippen molar-refractivity contribution in [2.45, 2.75) is 162 Å². The van der Waals surface area contributed by atoms with Crippen LogP contribution in [-0.4, -0.2) is 17.7 Å². The molecule has 0 heterocycles. The van der Waals surface area contributed by atoms with Crippen molar-refractivity contribution in [2.75, 3.05) is 0 Å². The van der Waals surface area contributed by atoms with Gasteiger partial charge in [-0.25, -0.2) is 19.4 Å². The lowest BCUT2D eigenvalue weighted by Gasteiger charge is -2.03. The van der Waals surface area contributed by atoms with Crippen LogP contribution in [0, 0.1) is 0 Å². The molecule has 0 aromatic rings. The molecule has 0 spiro atoms. The molecule has 0 aliphatic heterocycles. The molecule has 5 nitrogen and oxygen atoms in total. The monoisotopic (exact) mass is 572 g/mol. The lowest BCUT2D eigenvalue weighted by Crippen LogP contribution is -2.19. The molecular weight excluding hydrogens is 512 g/mol. The summed E-state index contributed by atoms with van der Waals surface area (Å²) < 4.78 is 0. The van der Waals surface area contributed by atoms with Gasteiger partial charge in [0.05, 0.1) is 6.42 Å². The Labute approximate surface area is 251 Å². The SMILES string of the molecule is CCCCC/C=C\C/C=C\CCCCCCCC(=O)OOC(=O)C(=O)CCCCCC/C=C\C/C=C\CCCCC. The number of rotatable bonds is 28. The van der Waals surface area contributed by atoms with Crippen LogP contribution >= 0.6 is 0 Å². The van der Waals surface area contributed by atoms with Gasteiger partial charge >= 0.3 is 11.9 Å². The maximum Gasteiger partial charge on any atom is 0.421 e. The molecule has 0 aliphatic carbocycles. The van der Waals surface area contributed by atoms with Crippen molar-refractivity contribution in [3.8, 4) is 0 Å². The van der Waals surface area contributed by atoms with Gasteiger partial charge in [-0.1, -0.05) is 120 Å². The Morgan fingerprint density at radius 2 is 0.829 bits per heavy atom. The summed E-state index contributed by atoms with van der Waals surface area (Å²) in [5.41, 5.74) is 0. The van der Waals surface area contributed by atoms with E-state index in [9.17, 15) is 14.4 Å². The minimum atomic E-state index is -1.08. The first-order valence-electron chi connectivity index (χ1n) is 16.7. The summed E-state index contributed by atoms with van der Waals surface area (Å²) in [6.07, 6.45) is 41.0. The van der Waals surface area contributed by atoms with E-state index >= 15 is 0 Å². The molecule has 0 fully saturated rings. The summed E-state index contributed by atoms with van der Waals surface area (Å²) in [5, 5.41) is 0. The number of Topliss-reactive ketones (excluding diaryl/α,β-unsaturated/α-hetero) is 1. The van der Waals surface area contributed by atoms with E-state index < -0.39 is 17.7 Å². The minimum Gasteiger partial charge on any atom is -0.287 e. The van der Waals surface area contributed by atoms with Gasteiger partial charge in [0.25, 0.3) is 0 Å². The summed E-state index contributed by atoms with van der Waals surface area (Å²) in [7, 11) is 0.